The summed E-state index contributed by atoms with van der Waals surface area (Å²) in [7, 11) is 0. The topological polar surface area (TPSA) is 50.5 Å². The van der Waals surface area contributed by atoms with E-state index in [1.165, 1.54) is 17.2 Å². The predicted molar refractivity (Wildman–Crippen MR) is 135 cm³/mol. The summed E-state index contributed by atoms with van der Waals surface area (Å²) in [4.78, 5) is 20.4. The highest BCUT2D eigenvalue weighted by atomic mass is 79.9. The van der Waals surface area contributed by atoms with Crippen molar-refractivity contribution in [2.75, 3.05) is 18.0 Å². The van der Waals surface area contributed by atoms with Gasteiger partial charge in [-0.05, 0) is 68.5 Å². The van der Waals surface area contributed by atoms with Crippen LogP contribution in [0, 0.1) is 12.7 Å². The molecule has 5 nitrogen and oxygen atoms in total. The van der Waals surface area contributed by atoms with Crippen LogP contribution >= 0.6 is 15.9 Å². The normalized spacial score (nSPS) is 17.5. The van der Waals surface area contributed by atoms with Gasteiger partial charge in [0.2, 0.25) is 0 Å². The minimum atomic E-state index is -0.246. The first-order valence-corrected chi connectivity index (χ1v) is 12.6. The molecule has 1 saturated heterocycles. The largest absolute Gasteiger partial charge is 0.369 e. The molecule has 0 amide bonds. The molecule has 0 atom stereocenters. The number of rotatable bonds is 4. The van der Waals surface area contributed by atoms with E-state index in [4.69, 9.17) is 4.98 Å². The molecule has 2 fully saturated rings. The Morgan fingerprint density at radius 2 is 1.85 bits per heavy atom. The van der Waals surface area contributed by atoms with Gasteiger partial charge in [-0.3, -0.25) is 4.79 Å². The van der Waals surface area contributed by atoms with Crippen molar-refractivity contribution in [1.29, 1.82) is 0 Å². The molecule has 3 aromatic rings. The van der Waals surface area contributed by atoms with Crippen LogP contribution in [-0.4, -0.2) is 29.0 Å². The summed E-state index contributed by atoms with van der Waals surface area (Å²) >= 11 is 3.45. The molecule has 172 valence electrons. The van der Waals surface area contributed by atoms with Gasteiger partial charge in [0, 0.05) is 29.0 Å². The predicted octanol–water partition coefficient (Wildman–Crippen LogP) is 6.14. The van der Waals surface area contributed by atoms with Crippen molar-refractivity contribution in [1.82, 2.24) is 9.66 Å². The first-order chi connectivity index (χ1) is 16.0. The van der Waals surface area contributed by atoms with E-state index in [-0.39, 0.29) is 17.3 Å². The Morgan fingerprint density at radius 1 is 1.09 bits per heavy atom. The van der Waals surface area contributed by atoms with Gasteiger partial charge in [-0.15, -0.1) is 0 Å². The maximum absolute atomic E-state index is 14.9. The third kappa shape index (κ3) is 4.47. The van der Waals surface area contributed by atoms with Crippen LogP contribution in [0.1, 0.15) is 67.8 Å². The minimum Gasteiger partial charge on any atom is -0.369 e. The monoisotopic (exact) mass is 510 g/mol. The molecule has 1 aliphatic heterocycles. The van der Waals surface area contributed by atoms with Gasteiger partial charge in [-0.25, -0.2) is 9.37 Å². The van der Waals surface area contributed by atoms with Gasteiger partial charge in [-0.2, -0.15) is 9.78 Å². The molecule has 1 aliphatic carbocycles. The third-order valence-electron chi connectivity index (χ3n) is 6.90. The summed E-state index contributed by atoms with van der Waals surface area (Å²) in [6.07, 6.45) is 9.28. The highest BCUT2D eigenvalue weighted by molar-refractivity contribution is 9.10. The molecule has 0 bridgehead atoms. The molecule has 2 heterocycles. The highest BCUT2D eigenvalue weighted by Crippen LogP contribution is 2.32. The van der Waals surface area contributed by atoms with E-state index in [1.807, 2.05) is 25.1 Å². The molecule has 0 N–H and O–H groups in total. The number of fused-ring (bicyclic) bond motifs is 1. The highest BCUT2D eigenvalue weighted by Gasteiger charge is 2.23. The number of halogens is 2. The SMILES string of the molecule is Cc1cc(N2CCCC2)c(F)cc1C=Nn1c(C2CCCCC2)nc2ccc(Br)cc2c1=O. The van der Waals surface area contributed by atoms with Crippen LogP contribution in [0.4, 0.5) is 10.1 Å². The number of aryl methyl sites for hydroxylation is 1. The van der Waals surface area contributed by atoms with Crippen molar-refractivity contribution >= 4 is 38.7 Å². The zero-order valence-corrected chi connectivity index (χ0v) is 20.4. The molecular formula is C26H28BrFN4O. The summed E-state index contributed by atoms with van der Waals surface area (Å²) in [5, 5.41) is 5.10. The lowest BCUT2D eigenvalue weighted by Gasteiger charge is -2.23. The average Bonchev–Trinajstić information content (AvgIpc) is 3.36. The summed E-state index contributed by atoms with van der Waals surface area (Å²) in [6.45, 7) is 3.74. The maximum Gasteiger partial charge on any atom is 0.282 e. The van der Waals surface area contributed by atoms with E-state index in [0.29, 0.717) is 28.0 Å². The van der Waals surface area contributed by atoms with Gasteiger partial charge in [0.05, 0.1) is 22.8 Å². The fraction of sp³-hybridized carbons (Fsp3) is 0.423. The Balaban J connectivity index is 1.58. The van der Waals surface area contributed by atoms with Crippen LogP contribution in [0.3, 0.4) is 0 Å². The fourth-order valence-corrected chi connectivity index (χ4v) is 5.40. The number of hydrogen-bond acceptors (Lipinski definition) is 4. The molecule has 7 heteroatoms. The molecular weight excluding hydrogens is 483 g/mol. The molecule has 0 unspecified atom stereocenters. The summed E-state index contributed by atoms with van der Waals surface area (Å²) in [6, 6.07) is 8.99. The fourth-order valence-electron chi connectivity index (χ4n) is 5.04. The van der Waals surface area contributed by atoms with Crippen LogP contribution in [0.5, 0.6) is 0 Å². The standard InChI is InChI=1S/C26H28BrFN4O/c1-17-13-24(31-11-5-6-12-31)22(28)14-19(17)16-29-32-25(18-7-3-2-4-8-18)30-23-10-9-20(27)15-21(23)26(32)33/h9-10,13-16,18H,2-8,11-12H2,1H3. The molecule has 1 saturated carbocycles. The first-order valence-electron chi connectivity index (χ1n) is 11.8. The summed E-state index contributed by atoms with van der Waals surface area (Å²) in [5.41, 5.74) is 2.76. The second kappa shape index (κ2) is 9.37. The van der Waals surface area contributed by atoms with E-state index in [1.54, 1.807) is 12.3 Å². The molecule has 1 aromatic heterocycles. The third-order valence-corrected chi connectivity index (χ3v) is 7.39. The van der Waals surface area contributed by atoms with E-state index in [2.05, 4.69) is 25.9 Å². The smallest absolute Gasteiger partial charge is 0.282 e. The summed E-state index contributed by atoms with van der Waals surface area (Å²) < 4.78 is 17.2. The van der Waals surface area contributed by atoms with Crippen molar-refractivity contribution in [3.8, 4) is 0 Å². The average molecular weight is 511 g/mol. The van der Waals surface area contributed by atoms with Crippen LogP contribution in [0.15, 0.2) is 44.7 Å². The first kappa shape index (κ1) is 22.3. The minimum absolute atomic E-state index is 0.190. The van der Waals surface area contributed by atoms with Crippen molar-refractivity contribution in [3.63, 3.8) is 0 Å². The quantitative estimate of drug-likeness (QED) is 0.396. The molecule has 2 aromatic carbocycles. The van der Waals surface area contributed by atoms with E-state index in [9.17, 15) is 9.18 Å². The Morgan fingerprint density at radius 3 is 2.61 bits per heavy atom. The van der Waals surface area contributed by atoms with Gasteiger partial charge in [0.25, 0.3) is 5.56 Å². The zero-order valence-electron chi connectivity index (χ0n) is 18.9. The van der Waals surface area contributed by atoms with Crippen LogP contribution in [0.2, 0.25) is 0 Å². The van der Waals surface area contributed by atoms with Crippen LogP contribution in [0.25, 0.3) is 10.9 Å². The van der Waals surface area contributed by atoms with Crippen molar-refractivity contribution in [2.45, 2.75) is 57.8 Å². The number of benzene rings is 2. The number of anilines is 1. The van der Waals surface area contributed by atoms with Gasteiger partial charge in [0.1, 0.15) is 11.6 Å². The lowest BCUT2D eigenvalue weighted by Crippen LogP contribution is -2.25. The van der Waals surface area contributed by atoms with E-state index in [0.717, 1.165) is 61.7 Å². The molecule has 0 radical (unpaired) electrons. The molecule has 5 rings (SSSR count). The van der Waals surface area contributed by atoms with Crippen LogP contribution in [-0.2, 0) is 0 Å². The lowest BCUT2D eigenvalue weighted by atomic mass is 9.88. The molecule has 2 aliphatic rings. The number of hydrogen-bond donors (Lipinski definition) is 0. The lowest BCUT2D eigenvalue weighted by molar-refractivity contribution is 0.416. The van der Waals surface area contributed by atoms with Gasteiger partial charge < -0.3 is 4.90 Å². The van der Waals surface area contributed by atoms with Crippen molar-refractivity contribution in [2.24, 2.45) is 5.10 Å². The number of nitrogens with zero attached hydrogens (tertiary/aromatic N) is 4. The summed E-state index contributed by atoms with van der Waals surface area (Å²) in [5.74, 6) is 0.661. The molecule has 0 spiro atoms. The Kier molecular flexibility index (Phi) is 6.32. The zero-order chi connectivity index (χ0) is 22.9. The number of aromatic nitrogens is 2. The Bertz CT molecular complexity index is 1270. The van der Waals surface area contributed by atoms with Crippen molar-refractivity contribution in [3.05, 3.63) is 67.9 Å². The van der Waals surface area contributed by atoms with Crippen LogP contribution < -0.4 is 10.5 Å². The van der Waals surface area contributed by atoms with Gasteiger partial charge >= 0.3 is 0 Å². The molecule has 33 heavy (non-hydrogen) atoms. The maximum atomic E-state index is 14.9. The Hall–Kier alpha value is -2.54. The second-order valence-corrected chi connectivity index (χ2v) is 10.1. The van der Waals surface area contributed by atoms with Gasteiger partial charge in [-0.1, -0.05) is 35.2 Å². The van der Waals surface area contributed by atoms with E-state index < -0.39 is 0 Å². The van der Waals surface area contributed by atoms with E-state index >= 15 is 0 Å². The van der Waals surface area contributed by atoms with Gasteiger partial charge in [0.15, 0.2) is 0 Å². The Labute approximate surface area is 201 Å². The van der Waals surface area contributed by atoms with Crippen molar-refractivity contribution < 1.29 is 4.39 Å². The second-order valence-electron chi connectivity index (χ2n) is 9.18.